The summed E-state index contributed by atoms with van der Waals surface area (Å²) in [7, 11) is 0. The molecule has 0 saturated heterocycles. The zero-order valence-electron chi connectivity index (χ0n) is 13.7. The fourth-order valence-electron chi connectivity index (χ4n) is 2.32. The first-order chi connectivity index (χ1) is 12.8. The van der Waals surface area contributed by atoms with E-state index in [2.05, 4.69) is 20.3 Å². The lowest BCUT2D eigenvalue weighted by Crippen LogP contribution is -2.12. The van der Waals surface area contributed by atoms with Gasteiger partial charge in [-0.2, -0.15) is 0 Å². The number of aromatic nitrogens is 3. The predicted octanol–water partition coefficient (Wildman–Crippen LogP) is 4.69. The number of aryl methyl sites for hydroxylation is 1. The molecule has 0 unspecified atom stereocenters. The summed E-state index contributed by atoms with van der Waals surface area (Å²) in [4.78, 5) is 33.9. The Labute approximate surface area is 168 Å². The second kappa shape index (κ2) is 7.56. The van der Waals surface area contributed by atoms with Crippen LogP contribution in [-0.4, -0.2) is 31.9 Å². The summed E-state index contributed by atoms with van der Waals surface area (Å²) in [6.45, 7) is 1.71. The van der Waals surface area contributed by atoms with Gasteiger partial charge in [-0.05, 0) is 36.7 Å². The summed E-state index contributed by atoms with van der Waals surface area (Å²) in [6, 6.07) is 7.90. The maximum Gasteiger partial charge on any atom is 0.354 e. The number of aromatic amines is 1. The summed E-state index contributed by atoms with van der Waals surface area (Å²) >= 11 is 17.8. The Kier molecular flexibility index (Phi) is 5.36. The number of nitrogens with one attached hydrogen (secondary N) is 2. The van der Waals surface area contributed by atoms with E-state index in [0.29, 0.717) is 27.7 Å². The van der Waals surface area contributed by atoms with E-state index in [0.717, 1.165) is 0 Å². The molecule has 3 rings (SSSR count). The Balaban J connectivity index is 1.82. The summed E-state index contributed by atoms with van der Waals surface area (Å²) < 4.78 is 0. The third-order valence-electron chi connectivity index (χ3n) is 3.64. The van der Waals surface area contributed by atoms with Crippen molar-refractivity contribution < 1.29 is 14.7 Å². The quantitative estimate of drug-likeness (QED) is 0.525. The SMILES string of the molecule is Cc1[nH]c(C(=O)Nc2ccc(-c3cc(C(=O)O)nc(Cl)n3)cc2)c(Cl)c1Cl. The van der Waals surface area contributed by atoms with E-state index in [1.165, 1.54) is 6.07 Å². The number of hydrogen-bond donors (Lipinski definition) is 3. The molecule has 27 heavy (non-hydrogen) atoms. The number of carbonyl (C=O) groups is 2. The monoisotopic (exact) mass is 424 g/mol. The minimum Gasteiger partial charge on any atom is -0.477 e. The van der Waals surface area contributed by atoms with Gasteiger partial charge in [0.2, 0.25) is 5.28 Å². The number of anilines is 1. The van der Waals surface area contributed by atoms with E-state index in [9.17, 15) is 9.59 Å². The molecule has 138 valence electrons. The number of H-pyrrole nitrogens is 1. The van der Waals surface area contributed by atoms with Gasteiger partial charge in [0.15, 0.2) is 5.69 Å². The number of benzene rings is 1. The van der Waals surface area contributed by atoms with Crippen molar-refractivity contribution in [2.75, 3.05) is 5.32 Å². The van der Waals surface area contributed by atoms with Gasteiger partial charge in [0, 0.05) is 16.9 Å². The number of carboxylic acid groups (broad SMARTS) is 1. The van der Waals surface area contributed by atoms with Crippen molar-refractivity contribution in [2.45, 2.75) is 6.92 Å². The van der Waals surface area contributed by atoms with E-state index < -0.39 is 11.9 Å². The molecule has 0 aliphatic carbocycles. The van der Waals surface area contributed by atoms with Crippen molar-refractivity contribution in [1.29, 1.82) is 0 Å². The van der Waals surface area contributed by atoms with Crippen LogP contribution in [0.4, 0.5) is 5.69 Å². The number of carboxylic acids is 1. The molecule has 2 aromatic heterocycles. The molecule has 0 bridgehead atoms. The van der Waals surface area contributed by atoms with Crippen LogP contribution in [0.15, 0.2) is 30.3 Å². The largest absolute Gasteiger partial charge is 0.477 e. The number of amides is 1. The maximum atomic E-state index is 12.3. The van der Waals surface area contributed by atoms with Gasteiger partial charge in [0.25, 0.3) is 5.91 Å². The molecule has 2 heterocycles. The normalized spacial score (nSPS) is 10.7. The minimum absolute atomic E-state index is 0.153. The first-order valence-corrected chi connectivity index (χ1v) is 8.63. The summed E-state index contributed by atoms with van der Waals surface area (Å²) in [5.41, 5.74) is 2.00. The lowest BCUT2D eigenvalue weighted by atomic mass is 10.1. The molecule has 3 N–H and O–H groups in total. The lowest BCUT2D eigenvalue weighted by molar-refractivity contribution is 0.0690. The first kappa shape index (κ1) is 19.2. The molecule has 3 aromatic rings. The van der Waals surface area contributed by atoms with Crippen LogP contribution in [0, 0.1) is 6.92 Å². The van der Waals surface area contributed by atoms with E-state index in [1.54, 1.807) is 31.2 Å². The Bertz CT molecular complexity index is 1050. The van der Waals surface area contributed by atoms with E-state index in [-0.39, 0.29) is 21.7 Å². The van der Waals surface area contributed by atoms with Crippen molar-refractivity contribution in [3.63, 3.8) is 0 Å². The van der Waals surface area contributed by atoms with Crippen LogP contribution in [0.1, 0.15) is 26.7 Å². The summed E-state index contributed by atoms with van der Waals surface area (Å²) in [5, 5.41) is 12.0. The highest BCUT2D eigenvalue weighted by molar-refractivity contribution is 6.44. The zero-order valence-corrected chi connectivity index (χ0v) is 15.9. The molecule has 0 radical (unpaired) electrons. The highest BCUT2D eigenvalue weighted by Crippen LogP contribution is 2.30. The fourth-order valence-corrected chi connectivity index (χ4v) is 2.92. The average molecular weight is 426 g/mol. The van der Waals surface area contributed by atoms with Gasteiger partial charge >= 0.3 is 5.97 Å². The Morgan fingerprint density at radius 2 is 1.74 bits per heavy atom. The van der Waals surface area contributed by atoms with Gasteiger partial charge in [0.1, 0.15) is 5.69 Å². The first-order valence-electron chi connectivity index (χ1n) is 7.49. The molecule has 0 aliphatic heterocycles. The lowest BCUT2D eigenvalue weighted by Gasteiger charge is -2.07. The average Bonchev–Trinajstić information content (AvgIpc) is 2.89. The molecule has 0 spiro atoms. The number of hydrogen-bond acceptors (Lipinski definition) is 4. The van der Waals surface area contributed by atoms with Crippen molar-refractivity contribution in [3.8, 4) is 11.3 Å². The standard InChI is InChI=1S/C17H11Cl3N4O3/c1-7-12(18)13(19)14(21-7)15(25)22-9-4-2-8(3-5-9)10-6-11(16(26)27)24-17(20)23-10/h2-6,21H,1H3,(H,22,25)(H,26,27). The molecule has 1 aromatic carbocycles. The predicted molar refractivity (Wildman–Crippen MR) is 103 cm³/mol. The van der Waals surface area contributed by atoms with E-state index in [1.807, 2.05) is 0 Å². The molecule has 0 saturated carbocycles. The molecule has 0 fully saturated rings. The van der Waals surface area contributed by atoms with Gasteiger partial charge < -0.3 is 15.4 Å². The Morgan fingerprint density at radius 1 is 1.07 bits per heavy atom. The van der Waals surface area contributed by atoms with E-state index in [4.69, 9.17) is 39.9 Å². The molecule has 1 amide bonds. The van der Waals surface area contributed by atoms with Crippen LogP contribution in [0.25, 0.3) is 11.3 Å². The van der Waals surface area contributed by atoms with Crippen LogP contribution >= 0.6 is 34.8 Å². The van der Waals surface area contributed by atoms with Crippen LogP contribution < -0.4 is 5.32 Å². The highest BCUT2D eigenvalue weighted by atomic mass is 35.5. The fraction of sp³-hybridized carbons (Fsp3) is 0.0588. The third kappa shape index (κ3) is 4.05. The Hall–Kier alpha value is -2.61. The van der Waals surface area contributed by atoms with Crippen LogP contribution in [0.2, 0.25) is 15.3 Å². The van der Waals surface area contributed by atoms with Crippen molar-refractivity contribution in [2.24, 2.45) is 0 Å². The maximum absolute atomic E-state index is 12.3. The van der Waals surface area contributed by atoms with Crippen molar-refractivity contribution >= 4 is 52.4 Å². The number of halogens is 3. The van der Waals surface area contributed by atoms with E-state index >= 15 is 0 Å². The van der Waals surface area contributed by atoms with Gasteiger partial charge in [-0.25, -0.2) is 14.8 Å². The minimum atomic E-state index is -1.21. The van der Waals surface area contributed by atoms with Crippen molar-refractivity contribution in [3.05, 3.63) is 62.7 Å². The topological polar surface area (TPSA) is 108 Å². The van der Waals surface area contributed by atoms with Gasteiger partial charge in [0.05, 0.1) is 15.7 Å². The summed E-state index contributed by atoms with van der Waals surface area (Å²) in [5.74, 6) is -1.65. The van der Waals surface area contributed by atoms with Crippen LogP contribution in [0.3, 0.4) is 0 Å². The molecule has 7 nitrogen and oxygen atoms in total. The van der Waals surface area contributed by atoms with Crippen molar-refractivity contribution in [1.82, 2.24) is 15.0 Å². The second-order valence-electron chi connectivity index (χ2n) is 5.50. The smallest absolute Gasteiger partial charge is 0.354 e. The molecular formula is C17H11Cl3N4O3. The molecule has 0 atom stereocenters. The third-order valence-corrected chi connectivity index (χ3v) is 4.75. The molecule has 10 heteroatoms. The summed E-state index contributed by atoms with van der Waals surface area (Å²) in [6.07, 6.45) is 0. The van der Waals surface area contributed by atoms with Gasteiger partial charge in [-0.1, -0.05) is 35.3 Å². The Morgan fingerprint density at radius 3 is 2.30 bits per heavy atom. The van der Waals surface area contributed by atoms with Crippen LogP contribution in [0.5, 0.6) is 0 Å². The highest BCUT2D eigenvalue weighted by Gasteiger charge is 2.18. The number of rotatable bonds is 4. The number of nitrogens with zero attached hydrogens (tertiary/aromatic N) is 2. The molecule has 0 aliphatic rings. The second-order valence-corrected chi connectivity index (χ2v) is 6.59. The van der Waals surface area contributed by atoms with Crippen LogP contribution in [-0.2, 0) is 0 Å². The number of aromatic carboxylic acids is 1. The zero-order chi connectivity index (χ0) is 19.7. The van der Waals surface area contributed by atoms with Gasteiger partial charge in [-0.3, -0.25) is 4.79 Å². The van der Waals surface area contributed by atoms with Gasteiger partial charge in [-0.15, -0.1) is 0 Å². The number of carbonyl (C=O) groups excluding carboxylic acids is 1. The molecular weight excluding hydrogens is 415 g/mol.